The number of aliphatic hydroxyl groups is 1. The monoisotopic (exact) mass is 251 g/mol. The predicted octanol–water partition coefficient (Wildman–Crippen LogP) is 1.80. The van der Waals surface area contributed by atoms with Crippen molar-refractivity contribution in [2.24, 2.45) is 5.92 Å². The third kappa shape index (κ3) is 3.60. The number of carbonyl (C=O) groups is 1. The van der Waals surface area contributed by atoms with Gasteiger partial charge < -0.3 is 14.8 Å². The van der Waals surface area contributed by atoms with Gasteiger partial charge in [0, 0.05) is 18.9 Å². The smallest absolute Gasteiger partial charge is 0.223 e. The molecular weight excluding hydrogens is 230 g/mol. The molecule has 0 unspecified atom stereocenters. The summed E-state index contributed by atoms with van der Waals surface area (Å²) in [6.45, 7) is 2.53. The van der Waals surface area contributed by atoms with Crippen molar-refractivity contribution in [3.05, 3.63) is 23.7 Å². The van der Waals surface area contributed by atoms with E-state index in [9.17, 15) is 9.90 Å². The highest BCUT2D eigenvalue weighted by atomic mass is 16.3. The Morgan fingerprint density at radius 1 is 1.39 bits per heavy atom. The van der Waals surface area contributed by atoms with Gasteiger partial charge in [-0.2, -0.15) is 0 Å². The third-order valence-electron chi connectivity index (χ3n) is 3.53. The number of aliphatic hydroxyl groups excluding tert-OH is 1. The highest BCUT2D eigenvalue weighted by Gasteiger charge is 2.24. The van der Waals surface area contributed by atoms with Crippen LogP contribution < -0.4 is 5.32 Å². The molecular formula is C14H21NO3. The summed E-state index contributed by atoms with van der Waals surface area (Å²) in [5.74, 6) is 2.00. The predicted molar refractivity (Wildman–Crippen MR) is 68.1 cm³/mol. The normalized spacial score (nSPS) is 23.9. The first kappa shape index (κ1) is 13.1. The summed E-state index contributed by atoms with van der Waals surface area (Å²) in [4.78, 5) is 11.9. The first-order valence-corrected chi connectivity index (χ1v) is 6.66. The standard InChI is InChI=1S/C14H21NO3/c1-10-2-7-13(18-10)8-9-15-14(17)11-3-5-12(16)6-4-11/h2,7,11-12,16H,3-6,8-9H2,1H3,(H,15,17). The minimum Gasteiger partial charge on any atom is -0.466 e. The van der Waals surface area contributed by atoms with Gasteiger partial charge in [0.2, 0.25) is 5.91 Å². The molecule has 4 heteroatoms. The molecule has 1 aromatic heterocycles. The Morgan fingerprint density at radius 3 is 2.72 bits per heavy atom. The number of amides is 1. The van der Waals surface area contributed by atoms with E-state index in [2.05, 4.69) is 5.32 Å². The van der Waals surface area contributed by atoms with Crippen LogP contribution in [0.2, 0.25) is 0 Å². The van der Waals surface area contributed by atoms with Crippen LogP contribution in [0.1, 0.15) is 37.2 Å². The van der Waals surface area contributed by atoms with E-state index in [-0.39, 0.29) is 17.9 Å². The van der Waals surface area contributed by atoms with Crippen LogP contribution in [-0.2, 0) is 11.2 Å². The summed E-state index contributed by atoms with van der Waals surface area (Å²) in [5, 5.41) is 12.3. The largest absolute Gasteiger partial charge is 0.466 e. The summed E-state index contributed by atoms with van der Waals surface area (Å²) in [7, 11) is 0. The molecule has 1 aliphatic carbocycles. The molecule has 0 radical (unpaired) electrons. The van der Waals surface area contributed by atoms with Gasteiger partial charge in [-0.25, -0.2) is 0 Å². The van der Waals surface area contributed by atoms with E-state index in [1.54, 1.807) is 0 Å². The molecule has 0 aromatic carbocycles. The lowest BCUT2D eigenvalue weighted by Crippen LogP contribution is -2.35. The molecule has 1 heterocycles. The zero-order valence-corrected chi connectivity index (χ0v) is 10.8. The first-order valence-electron chi connectivity index (χ1n) is 6.66. The fourth-order valence-corrected chi connectivity index (χ4v) is 2.41. The zero-order chi connectivity index (χ0) is 13.0. The molecule has 0 aliphatic heterocycles. The molecule has 0 bridgehead atoms. The van der Waals surface area contributed by atoms with Crippen molar-refractivity contribution in [1.29, 1.82) is 0 Å². The number of hydrogen-bond acceptors (Lipinski definition) is 3. The Hall–Kier alpha value is -1.29. The highest BCUT2D eigenvalue weighted by molar-refractivity contribution is 5.78. The van der Waals surface area contributed by atoms with Crippen LogP contribution >= 0.6 is 0 Å². The number of furan rings is 1. The van der Waals surface area contributed by atoms with E-state index >= 15 is 0 Å². The summed E-state index contributed by atoms with van der Waals surface area (Å²) >= 11 is 0. The highest BCUT2D eigenvalue weighted by Crippen LogP contribution is 2.24. The van der Waals surface area contributed by atoms with Crippen molar-refractivity contribution in [2.45, 2.75) is 45.1 Å². The van der Waals surface area contributed by atoms with Crippen LogP contribution in [0.3, 0.4) is 0 Å². The van der Waals surface area contributed by atoms with E-state index in [1.165, 1.54) is 0 Å². The van der Waals surface area contributed by atoms with Crippen molar-refractivity contribution in [2.75, 3.05) is 6.54 Å². The van der Waals surface area contributed by atoms with Gasteiger partial charge in [-0.1, -0.05) is 0 Å². The summed E-state index contributed by atoms with van der Waals surface area (Å²) < 4.78 is 5.44. The topological polar surface area (TPSA) is 62.5 Å². The minimum absolute atomic E-state index is 0.0757. The lowest BCUT2D eigenvalue weighted by Gasteiger charge is -2.24. The molecule has 2 rings (SSSR count). The maximum absolute atomic E-state index is 11.9. The fourth-order valence-electron chi connectivity index (χ4n) is 2.41. The summed E-state index contributed by atoms with van der Waals surface area (Å²) in [6, 6.07) is 3.87. The second-order valence-electron chi connectivity index (χ2n) is 5.06. The summed E-state index contributed by atoms with van der Waals surface area (Å²) in [5.41, 5.74) is 0. The van der Waals surface area contributed by atoms with Crippen molar-refractivity contribution >= 4 is 5.91 Å². The van der Waals surface area contributed by atoms with Gasteiger partial charge in [0.1, 0.15) is 11.5 Å². The van der Waals surface area contributed by atoms with Gasteiger partial charge in [0.05, 0.1) is 6.10 Å². The number of nitrogens with one attached hydrogen (secondary N) is 1. The maximum Gasteiger partial charge on any atom is 0.223 e. The van der Waals surface area contributed by atoms with E-state index < -0.39 is 0 Å². The lowest BCUT2D eigenvalue weighted by atomic mass is 9.87. The van der Waals surface area contributed by atoms with E-state index in [1.807, 2.05) is 19.1 Å². The zero-order valence-electron chi connectivity index (χ0n) is 10.8. The van der Waals surface area contributed by atoms with Gasteiger partial charge in [0.25, 0.3) is 0 Å². The molecule has 1 aliphatic rings. The Kier molecular flexibility index (Phi) is 4.42. The van der Waals surface area contributed by atoms with Crippen LogP contribution in [0.25, 0.3) is 0 Å². The number of rotatable bonds is 4. The van der Waals surface area contributed by atoms with Crippen LogP contribution in [0.4, 0.5) is 0 Å². The van der Waals surface area contributed by atoms with Crippen molar-refractivity contribution in [3.63, 3.8) is 0 Å². The van der Waals surface area contributed by atoms with E-state index in [0.717, 1.165) is 43.6 Å². The molecule has 1 fully saturated rings. The van der Waals surface area contributed by atoms with E-state index in [4.69, 9.17) is 4.42 Å². The molecule has 1 aromatic rings. The Bertz CT molecular complexity index is 391. The number of carbonyl (C=O) groups excluding carboxylic acids is 1. The van der Waals surface area contributed by atoms with Gasteiger partial charge in [-0.3, -0.25) is 4.79 Å². The molecule has 0 spiro atoms. The minimum atomic E-state index is -0.208. The number of aryl methyl sites for hydroxylation is 1. The average Bonchev–Trinajstić information content (AvgIpc) is 2.76. The SMILES string of the molecule is Cc1ccc(CCNC(=O)C2CCC(O)CC2)o1. The van der Waals surface area contributed by atoms with Gasteiger partial charge >= 0.3 is 0 Å². The second-order valence-corrected chi connectivity index (χ2v) is 5.06. The second kappa shape index (κ2) is 6.05. The van der Waals surface area contributed by atoms with Crippen molar-refractivity contribution < 1.29 is 14.3 Å². The fraction of sp³-hybridized carbons (Fsp3) is 0.643. The number of hydrogen-bond donors (Lipinski definition) is 2. The molecule has 2 N–H and O–H groups in total. The van der Waals surface area contributed by atoms with Crippen LogP contribution in [0.5, 0.6) is 0 Å². The van der Waals surface area contributed by atoms with Crippen LogP contribution in [0, 0.1) is 12.8 Å². The maximum atomic E-state index is 11.9. The average molecular weight is 251 g/mol. The van der Waals surface area contributed by atoms with Crippen molar-refractivity contribution in [1.82, 2.24) is 5.32 Å². The third-order valence-corrected chi connectivity index (χ3v) is 3.53. The molecule has 18 heavy (non-hydrogen) atoms. The summed E-state index contributed by atoms with van der Waals surface area (Å²) in [6.07, 6.45) is 3.61. The first-order chi connectivity index (χ1) is 8.65. The molecule has 1 saturated carbocycles. The van der Waals surface area contributed by atoms with Gasteiger partial charge in [0.15, 0.2) is 0 Å². The molecule has 0 atom stereocenters. The van der Waals surface area contributed by atoms with Gasteiger partial charge in [-0.15, -0.1) is 0 Å². The quantitative estimate of drug-likeness (QED) is 0.857. The molecule has 0 saturated heterocycles. The lowest BCUT2D eigenvalue weighted by molar-refractivity contribution is -0.126. The molecule has 4 nitrogen and oxygen atoms in total. The van der Waals surface area contributed by atoms with Crippen molar-refractivity contribution in [3.8, 4) is 0 Å². The van der Waals surface area contributed by atoms with Crippen LogP contribution in [0.15, 0.2) is 16.5 Å². The molecule has 100 valence electrons. The van der Waals surface area contributed by atoms with Crippen LogP contribution in [-0.4, -0.2) is 23.7 Å². The Labute approximate surface area is 107 Å². The molecule has 1 amide bonds. The van der Waals surface area contributed by atoms with Gasteiger partial charge in [-0.05, 0) is 44.7 Å². The van der Waals surface area contributed by atoms with E-state index in [0.29, 0.717) is 6.54 Å². The Balaban J connectivity index is 1.68. The Morgan fingerprint density at radius 2 is 2.11 bits per heavy atom.